The summed E-state index contributed by atoms with van der Waals surface area (Å²) in [5, 5.41) is 4.32. The van der Waals surface area contributed by atoms with Crippen molar-refractivity contribution in [2.24, 2.45) is 0 Å². The van der Waals surface area contributed by atoms with Crippen LogP contribution in [0.5, 0.6) is 0 Å². The maximum absolute atomic E-state index is 16.3. The minimum absolute atomic E-state index is 0.0591. The molecule has 2 heterocycles. The van der Waals surface area contributed by atoms with Crippen LogP contribution >= 0.6 is 0 Å². The average Bonchev–Trinajstić information content (AvgIpc) is 3.86. The summed E-state index contributed by atoms with van der Waals surface area (Å²) in [7, 11) is 0. The molecule has 4 heteroatoms. The summed E-state index contributed by atoms with van der Waals surface area (Å²) in [6.07, 6.45) is 0. The third-order valence-corrected chi connectivity index (χ3v) is 13.1. The maximum atomic E-state index is 16.3. The number of hydrogen-bond donors (Lipinski definition) is 0. The van der Waals surface area contributed by atoms with Gasteiger partial charge in [0.2, 0.25) is 0 Å². The van der Waals surface area contributed by atoms with Crippen molar-refractivity contribution in [2.75, 3.05) is 0 Å². The molecule has 12 aromatic rings. The Bertz CT molecular complexity index is 3560. The van der Waals surface area contributed by atoms with E-state index in [1.807, 2.05) is 36.4 Å². The van der Waals surface area contributed by atoms with Gasteiger partial charge in [0.15, 0.2) is 0 Å². The lowest BCUT2D eigenvalue weighted by Gasteiger charge is -2.22. The molecule has 0 radical (unpaired) electrons. The van der Waals surface area contributed by atoms with Crippen molar-refractivity contribution in [3.63, 3.8) is 0 Å². The molecule has 0 saturated heterocycles. The SMILES string of the molecule is Cc1c(-n2c3ccc(-c4ccccc4)cc3c3cc(-c4ccccc4)ccc32)ccc(-c2c(F)cccc2F)c1-n1c2ccc(-c3ccccc3)cc2c2cc(-c3ccccc3)ccc21. The summed E-state index contributed by atoms with van der Waals surface area (Å²) >= 11 is 0. The summed E-state index contributed by atoms with van der Waals surface area (Å²) < 4.78 is 37.1. The van der Waals surface area contributed by atoms with E-state index < -0.39 is 11.6 Å². The Labute approximate surface area is 375 Å². The Balaban J connectivity index is 1.18. The highest BCUT2D eigenvalue weighted by Crippen LogP contribution is 2.45. The zero-order chi connectivity index (χ0) is 43.6. The molecular formula is C61H40F2N2. The lowest BCUT2D eigenvalue weighted by Crippen LogP contribution is -2.07. The molecule has 10 aromatic carbocycles. The predicted molar refractivity (Wildman–Crippen MR) is 267 cm³/mol. The van der Waals surface area contributed by atoms with Crippen LogP contribution in [0.15, 0.2) is 224 Å². The van der Waals surface area contributed by atoms with Gasteiger partial charge in [-0.3, -0.25) is 0 Å². The van der Waals surface area contributed by atoms with E-state index in [0.29, 0.717) is 11.3 Å². The molecule has 12 rings (SSSR count). The van der Waals surface area contributed by atoms with Crippen molar-refractivity contribution in [2.45, 2.75) is 6.92 Å². The molecule has 0 bridgehead atoms. The lowest BCUT2D eigenvalue weighted by molar-refractivity contribution is 0.589. The van der Waals surface area contributed by atoms with Gasteiger partial charge in [-0.15, -0.1) is 0 Å². The van der Waals surface area contributed by atoms with Crippen LogP contribution < -0.4 is 0 Å². The molecule has 308 valence electrons. The van der Waals surface area contributed by atoms with Gasteiger partial charge in [-0.05, 0) is 130 Å². The minimum atomic E-state index is -0.615. The number of halogens is 2. The highest BCUT2D eigenvalue weighted by atomic mass is 19.1. The van der Waals surface area contributed by atoms with E-state index in [4.69, 9.17) is 0 Å². The molecule has 0 atom stereocenters. The Hall–Kier alpha value is -8.34. The molecule has 0 N–H and O–H groups in total. The first-order valence-electron chi connectivity index (χ1n) is 22.0. The highest BCUT2D eigenvalue weighted by molar-refractivity contribution is 6.14. The molecule has 0 fully saturated rings. The molecule has 0 unspecified atom stereocenters. The molecule has 0 aliphatic carbocycles. The van der Waals surface area contributed by atoms with Gasteiger partial charge in [0.05, 0.1) is 39.0 Å². The number of rotatable bonds is 7. The standard InChI is InChI=1S/C61H40F2N2/c1-39-55(64-56-30-25-44(40-15-6-2-7-16-40)35-49(56)50-36-45(26-31-57(50)64)41-17-8-3-9-18-41)34-29-48(60-53(62)23-14-24-54(60)63)61(39)65-58-32-27-46(42-19-10-4-11-20-42)37-51(58)52-38-47(28-33-59(52)65)43-21-12-5-13-22-43/h2-38H,1H3. The molecule has 0 spiro atoms. The van der Waals surface area contributed by atoms with Crippen molar-refractivity contribution in [3.8, 4) is 67.0 Å². The number of hydrogen-bond acceptors (Lipinski definition) is 0. The lowest BCUT2D eigenvalue weighted by atomic mass is 9.97. The van der Waals surface area contributed by atoms with Gasteiger partial charge in [0.25, 0.3) is 0 Å². The first kappa shape index (κ1) is 38.3. The van der Waals surface area contributed by atoms with Crippen molar-refractivity contribution in [1.82, 2.24) is 9.13 Å². The van der Waals surface area contributed by atoms with Crippen molar-refractivity contribution in [1.29, 1.82) is 0 Å². The first-order chi connectivity index (χ1) is 32.0. The molecular weight excluding hydrogens is 799 g/mol. The molecule has 2 aromatic heterocycles. The number of benzene rings is 10. The van der Waals surface area contributed by atoms with E-state index in [1.54, 1.807) is 0 Å². The molecule has 0 saturated carbocycles. The van der Waals surface area contributed by atoms with Gasteiger partial charge in [-0.25, -0.2) is 8.78 Å². The van der Waals surface area contributed by atoms with Gasteiger partial charge in [0, 0.05) is 27.1 Å². The Morgan fingerprint density at radius 3 is 1.00 bits per heavy atom. The van der Waals surface area contributed by atoms with Gasteiger partial charge in [-0.2, -0.15) is 0 Å². The van der Waals surface area contributed by atoms with Crippen LogP contribution in [-0.2, 0) is 0 Å². The smallest absolute Gasteiger partial charge is 0.134 e. The van der Waals surface area contributed by atoms with Crippen LogP contribution in [0, 0.1) is 18.6 Å². The molecule has 2 nitrogen and oxygen atoms in total. The van der Waals surface area contributed by atoms with Crippen molar-refractivity contribution < 1.29 is 8.78 Å². The van der Waals surface area contributed by atoms with Gasteiger partial charge >= 0.3 is 0 Å². The number of nitrogens with zero attached hydrogens (tertiary/aromatic N) is 2. The second kappa shape index (κ2) is 15.5. The van der Waals surface area contributed by atoms with E-state index in [9.17, 15) is 0 Å². The van der Waals surface area contributed by atoms with E-state index in [2.05, 4.69) is 186 Å². The van der Waals surface area contributed by atoms with Crippen molar-refractivity contribution >= 4 is 43.6 Å². The topological polar surface area (TPSA) is 9.86 Å². The minimum Gasteiger partial charge on any atom is -0.309 e. The summed E-state index contributed by atoms with van der Waals surface area (Å²) in [4.78, 5) is 0. The molecule has 0 aliphatic rings. The molecule has 65 heavy (non-hydrogen) atoms. The summed E-state index contributed by atoms with van der Waals surface area (Å²) in [5.41, 5.74) is 15.8. The van der Waals surface area contributed by atoms with Crippen molar-refractivity contribution in [3.05, 3.63) is 242 Å². The second-order valence-electron chi connectivity index (χ2n) is 16.8. The predicted octanol–water partition coefficient (Wildman–Crippen LogP) is 16.8. The molecule has 0 amide bonds. The quantitative estimate of drug-likeness (QED) is 0.151. The van der Waals surface area contributed by atoms with Gasteiger partial charge in [0.1, 0.15) is 11.6 Å². The van der Waals surface area contributed by atoms with Crippen LogP contribution in [0.3, 0.4) is 0 Å². The second-order valence-corrected chi connectivity index (χ2v) is 16.8. The fourth-order valence-corrected chi connectivity index (χ4v) is 9.96. The summed E-state index contributed by atoms with van der Waals surface area (Å²) in [6.45, 7) is 2.09. The Morgan fingerprint density at radius 1 is 0.308 bits per heavy atom. The van der Waals surface area contributed by atoms with Crippen LogP contribution in [0.4, 0.5) is 8.78 Å². The van der Waals surface area contributed by atoms with Crippen LogP contribution in [0.25, 0.3) is 111 Å². The Morgan fingerprint density at radius 2 is 0.646 bits per heavy atom. The maximum Gasteiger partial charge on any atom is 0.134 e. The van der Waals surface area contributed by atoms with Crippen LogP contribution in [0.1, 0.15) is 5.56 Å². The number of aromatic nitrogens is 2. The van der Waals surface area contributed by atoms with Gasteiger partial charge < -0.3 is 9.13 Å². The van der Waals surface area contributed by atoms with Gasteiger partial charge in [-0.1, -0.05) is 152 Å². The monoisotopic (exact) mass is 838 g/mol. The Kier molecular flexibility index (Phi) is 9.13. The summed E-state index contributed by atoms with van der Waals surface area (Å²) in [5.74, 6) is -1.23. The van der Waals surface area contributed by atoms with E-state index in [-0.39, 0.29) is 5.56 Å². The fraction of sp³-hybridized carbons (Fsp3) is 0.0164. The van der Waals surface area contributed by atoms with E-state index in [0.717, 1.165) is 99.4 Å². The van der Waals surface area contributed by atoms with Crippen LogP contribution in [-0.4, -0.2) is 9.13 Å². The zero-order valence-electron chi connectivity index (χ0n) is 35.5. The normalized spacial score (nSPS) is 11.6. The summed E-state index contributed by atoms with van der Waals surface area (Å²) in [6, 6.07) is 76.3. The average molecular weight is 839 g/mol. The highest BCUT2D eigenvalue weighted by Gasteiger charge is 2.25. The van der Waals surface area contributed by atoms with E-state index >= 15 is 8.78 Å². The fourth-order valence-electron chi connectivity index (χ4n) is 9.96. The number of fused-ring (bicyclic) bond motifs is 6. The zero-order valence-corrected chi connectivity index (χ0v) is 35.5. The third-order valence-electron chi connectivity index (χ3n) is 13.1. The largest absolute Gasteiger partial charge is 0.309 e. The third kappa shape index (κ3) is 6.37. The van der Waals surface area contributed by atoms with E-state index in [1.165, 1.54) is 18.2 Å². The first-order valence-corrected chi connectivity index (χ1v) is 22.0. The molecule has 0 aliphatic heterocycles. The van der Waals surface area contributed by atoms with Crippen LogP contribution in [0.2, 0.25) is 0 Å².